The predicted octanol–water partition coefficient (Wildman–Crippen LogP) is 8.05. The second-order valence-electron chi connectivity index (χ2n) is 6.98. The van der Waals surface area contributed by atoms with E-state index in [9.17, 15) is 5.26 Å². The molecule has 0 N–H and O–H groups in total. The topological polar surface area (TPSA) is 49.8 Å². The van der Waals surface area contributed by atoms with Crippen molar-refractivity contribution in [1.82, 2.24) is 4.98 Å². The van der Waals surface area contributed by atoms with E-state index in [1.54, 1.807) is 6.08 Å². The fourth-order valence-electron chi connectivity index (χ4n) is 3.36. The number of nitriles is 1. The van der Waals surface area contributed by atoms with Gasteiger partial charge in [0.2, 0.25) is 0 Å². The second-order valence-corrected chi connectivity index (χ2v) is 8.75. The number of allylic oxidation sites excluding steroid dienone is 1. The number of rotatable bonds is 4. The van der Waals surface area contributed by atoms with E-state index in [1.807, 2.05) is 53.9 Å². The highest BCUT2D eigenvalue weighted by atomic mass is 79.9. The van der Waals surface area contributed by atoms with Crippen LogP contribution in [0, 0.1) is 11.3 Å². The van der Waals surface area contributed by atoms with Gasteiger partial charge < -0.3 is 4.42 Å². The molecular weight excluding hydrogens is 468 g/mol. The maximum absolute atomic E-state index is 9.72. The van der Waals surface area contributed by atoms with Crippen molar-refractivity contribution >= 4 is 49.7 Å². The average Bonchev–Trinajstić information content (AvgIpc) is 3.48. The zero-order chi connectivity index (χ0) is 21.2. The van der Waals surface area contributed by atoms with Gasteiger partial charge in [-0.05, 0) is 41.1 Å². The van der Waals surface area contributed by atoms with Crippen molar-refractivity contribution in [1.29, 1.82) is 5.26 Å². The molecule has 0 aliphatic carbocycles. The number of thiazole rings is 1. The molecule has 0 atom stereocenters. The zero-order valence-corrected chi connectivity index (χ0v) is 18.7. The SMILES string of the molecule is N#C/C(=C\c1ccc(-c2ccc(Br)cc2)o1)c1nc(-c2ccc3ccccc3c2)cs1. The third-order valence-corrected chi connectivity index (χ3v) is 6.35. The highest BCUT2D eigenvalue weighted by Crippen LogP contribution is 2.30. The number of hydrogen-bond donors (Lipinski definition) is 0. The van der Waals surface area contributed by atoms with Crippen LogP contribution < -0.4 is 0 Å². The van der Waals surface area contributed by atoms with Crippen molar-refractivity contribution < 1.29 is 4.42 Å². The van der Waals surface area contributed by atoms with Crippen LogP contribution in [0.25, 0.3) is 45.0 Å². The molecule has 0 aliphatic rings. The molecule has 3 nitrogen and oxygen atoms in total. The molecule has 0 unspecified atom stereocenters. The first kappa shape index (κ1) is 19.5. The Hall–Kier alpha value is -3.46. The highest BCUT2D eigenvalue weighted by molar-refractivity contribution is 9.10. The molecule has 0 radical (unpaired) electrons. The van der Waals surface area contributed by atoms with Crippen LogP contribution in [0.2, 0.25) is 0 Å². The molecule has 0 saturated heterocycles. The summed E-state index contributed by atoms with van der Waals surface area (Å²) >= 11 is 4.90. The number of benzene rings is 3. The molecule has 0 amide bonds. The van der Waals surface area contributed by atoms with Gasteiger partial charge in [-0.2, -0.15) is 5.26 Å². The first-order chi connectivity index (χ1) is 15.2. The Balaban J connectivity index is 1.44. The standard InChI is InChI=1S/C26H15BrN2OS/c27-22-9-7-18(8-10-22)25-12-11-23(30-25)14-21(15-28)26-29-24(16-31-26)20-6-5-17-3-1-2-4-19(17)13-20/h1-14,16H/b21-14+. The molecule has 3 aromatic carbocycles. The fourth-order valence-corrected chi connectivity index (χ4v) is 4.42. The third-order valence-electron chi connectivity index (χ3n) is 4.94. The average molecular weight is 483 g/mol. The normalized spacial score (nSPS) is 11.5. The maximum Gasteiger partial charge on any atom is 0.134 e. The van der Waals surface area contributed by atoms with Crippen LogP contribution >= 0.6 is 27.3 Å². The van der Waals surface area contributed by atoms with Crippen molar-refractivity contribution in [2.45, 2.75) is 0 Å². The van der Waals surface area contributed by atoms with Gasteiger partial charge in [0.15, 0.2) is 0 Å². The van der Waals surface area contributed by atoms with Crippen molar-refractivity contribution in [2.24, 2.45) is 0 Å². The second kappa shape index (κ2) is 8.35. The molecule has 148 valence electrons. The smallest absolute Gasteiger partial charge is 0.134 e. The van der Waals surface area contributed by atoms with Crippen LogP contribution in [0.3, 0.4) is 0 Å². The van der Waals surface area contributed by atoms with Crippen molar-refractivity contribution in [3.05, 3.63) is 99.5 Å². The summed E-state index contributed by atoms with van der Waals surface area (Å²) in [5.41, 5.74) is 3.36. The molecule has 5 heteroatoms. The number of nitrogens with zero attached hydrogens (tertiary/aromatic N) is 2. The molecule has 2 aromatic heterocycles. The molecule has 0 spiro atoms. The molecular formula is C26H15BrN2OS. The Morgan fingerprint density at radius 3 is 2.52 bits per heavy atom. The van der Waals surface area contributed by atoms with Crippen LogP contribution in [0.4, 0.5) is 0 Å². The van der Waals surface area contributed by atoms with E-state index in [4.69, 9.17) is 9.40 Å². The van der Waals surface area contributed by atoms with E-state index < -0.39 is 0 Å². The minimum Gasteiger partial charge on any atom is -0.457 e. The lowest BCUT2D eigenvalue weighted by Crippen LogP contribution is -1.83. The minimum absolute atomic E-state index is 0.480. The van der Waals surface area contributed by atoms with Crippen LogP contribution in [-0.4, -0.2) is 4.98 Å². The Morgan fingerprint density at radius 2 is 1.71 bits per heavy atom. The summed E-state index contributed by atoms with van der Waals surface area (Å²) < 4.78 is 6.95. The van der Waals surface area contributed by atoms with Gasteiger partial charge in [-0.25, -0.2) is 4.98 Å². The van der Waals surface area contributed by atoms with E-state index in [2.05, 4.69) is 52.3 Å². The molecule has 0 bridgehead atoms. The lowest BCUT2D eigenvalue weighted by Gasteiger charge is -2.00. The predicted molar refractivity (Wildman–Crippen MR) is 130 cm³/mol. The third kappa shape index (κ3) is 4.09. The van der Waals surface area contributed by atoms with E-state index in [0.717, 1.165) is 27.1 Å². The van der Waals surface area contributed by atoms with Gasteiger partial charge >= 0.3 is 0 Å². The number of aromatic nitrogens is 1. The summed E-state index contributed by atoms with van der Waals surface area (Å²) in [4.78, 5) is 4.71. The number of hydrogen-bond acceptors (Lipinski definition) is 4. The van der Waals surface area contributed by atoms with Gasteiger partial charge in [-0.15, -0.1) is 11.3 Å². The van der Waals surface area contributed by atoms with Crippen LogP contribution in [-0.2, 0) is 0 Å². The maximum atomic E-state index is 9.72. The van der Waals surface area contributed by atoms with Crippen LogP contribution in [0.15, 0.2) is 93.1 Å². The first-order valence-corrected chi connectivity index (χ1v) is 11.3. The van der Waals surface area contributed by atoms with Gasteiger partial charge in [0.1, 0.15) is 22.6 Å². The summed E-state index contributed by atoms with van der Waals surface area (Å²) in [6.45, 7) is 0. The Kier molecular flexibility index (Phi) is 5.25. The summed E-state index contributed by atoms with van der Waals surface area (Å²) in [7, 11) is 0. The van der Waals surface area contributed by atoms with Gasteiger partial charge in [0.05, 0.1) is 11.3 Å². The summed E-state index contributed by atoms with van der Waals surface area (Å²) in [5, 5.41) is 14.7. The van der Waals surface area contributed by atoms with Crippen LogP contribution in [0.5, 0.6) is 0 Å². The van der Waals surface area contributed by atoms with E-state index in [-0.39, 0.29) is 0 Å². The fraction of sp³-hybridized carbons (Fsp3) is 0. The molecule has 31 heavy (non-hydrogen) atoms. The molecule has 5 rings (SSSR count). The van der Waals surface area contributed by atoms with E-state index in [1.165, 1.54) is 22.1 Å². The summed E-state index contributed by atoms with van der Waals surface area (Å²) in [5.74, 6) is 1.38. The van der Waals surface area contributed by atoms with Gasteiger partial charge in [-0.1, -0.05) is 64.5 Å². The first-order valence-electron chi connectivity index (χ1n) is 9.62. The Bertz CT molecular complexity index is 1450. The largest absolute Gasteiger partial charge is 0.457 e. The minimum atomic E-state index is 0.480. The van der Waals surface area contributed by atoms with Crippen molar-refractivity contribution in [3.63, 3.8) is 0 Å². The van der Waals surface area contributed by atoms with E-state index in [0.29, 0.717) is 16.3 Å². The quantitative estimate of drug-likeness (QED) is 0.243. The van der Waals surface area contributed by atoms with Crippen LogP contribution in [0.1, 0.15) is 10.8 Å². The highest BCUT2D eigenvalue weighted by Gasteiger charge is 2.11. The monoisotopic (exact) mass is 482 g/mol. The Morgan fingerprint density at radius 1 is 0.935 bits per heavy atom. The lowest BCUT2D eigenvalue weighted by atomic mass is 10.1. The Labute approximate surface area is 192 Å². The number of furan rings is 1. The van der Waals surface area contributed by atoms with Gasteiger partial charge in [0, 0.05) is 27.1 Å². The zero-order valence-electron chi connectivity index (χ0n) is 16.2. The molecule has 0 aliphatic heterocycles. The lowest BCUT2D eigenvalue weighted by molar-refractivity contribution is 0.572. The van der Waals surface area contributed by atoms with E-state index >= 15 is 0 Å². The molecule has 5 aromatic rings. The molecule has 2 heterocycles. The molecule has 0 fully saturated rings. The van der Waals surface area contributed by atoms with Crippen molar-refractivity contribution in [3.8, 4) is 28.7 Å². The summed E-state index contributed by atoms with van der Waals surface area (Å²) in [6, 6.07) is 28.5. The molecule has 0 saturated carbocycles. The summed E-state index contributed by atoms with van der Waals surface area (Å²) in [6.07, 6.45) is 1.74. The number of fused-ring (bicyclic) bond motifs is 1. The van der Waals surface area contributed by atoms with Gasteiger partial charge in [0.25, 0.3) is 0 Å². The number of halogens is 1. The van der Waals surface area contributed by atoms with Gasteiger partial charge in [-0.3, -0.25) is 0 Å². The van der Waals surface area contributed by atoms with Crippen molar-refractivity contribution in [2.75, 3.05) is 0 Å².